The molecule has 2 aromatic rings. The van der Waals surface area contributed by atoms with Crippen LogP contribution in [0.2, 0.25) is 0 Å². The zero-order valence-corrected chi connectivity index (χ0v) is 8.03. The topological polar surface area (TPSA) is 52.0 Å². The first kappa shape index (κ1) is 8.81. The molecular formula is C11H12N2O. The van der Waals surface area contributed by atoms with Crippen molar-refractivity contribution >= 4 is 5.82 Å². The SMILES string of the molecule is Cc1ccccc1Cc1cc(N)no1. The molecule has 0 atom stereocenters. The van der Waals surface area contributed by atoms with Gasteiger partial charge in [0.15, 0.2) is 5.82 Å². The molecule has 0 unspecified atom stereocenters. The van der Waals surface area contributed by atoms with Crippen LogP contribution in [0.5, 0.6) is 0 Å². The predicted molar refractivity (Wildman–Crippen MR) is 54.9 cm³/mol. The van der Waals surface area contributed by atoms with Crippen LogP contribution in [0.15, 0.2) is 34.9 Å². The molecule has 0 radical (unpaired) electrons. The lowest BCUT2D eigenvalue weighted by Gasteiger charge is -2.01. The van der Waals surface area contributed by atoms with Crippen LogP contribution in [-0.4, -0.2) is 5.16 Å². The van der Waals surface area contributed by atoms with Crippen molar-refractivity contribution in [3.63, 3.8) is 0 Å². The van der Waals surface area contributed by atoms with E-state index in [1.165, 1.54) is 11.1 Å². The highest BCUT2D eigenvalue weighted by Crippen LogP contribution is 2.14. The Hall–Kier alpha value is -1.77. The summed E-state index contributed by atoms with van der Waals surface area (Å²) in [7, 11) is 0. The molecule has 1 aromatic carbocycles. The summed E-state index contributed by atoms with van der Waals surface area (Å²) in [4.78, 5) is 0. The summed E-state index contributed by atoms with van der Waals surface area (Å²) < 4.78 is 5.05. The number of aromatic nitrogens is 1. The van der Waals surface area contributed by atoms with E-state index in [-0.39, 0.29) is 0 Å². The summed E-state index contributed by atoms with van der Waals surface area (Å²) in [5.41, 5.74) is 7.96. The predicted octanol–water partition coefficient (Wildman–Crippen LogP) is 2.16. The molecule has 72 valence electrons. The normalized spacial score (nSPS) is 10.4. The lowest BCUT2D eigenvalue weighted by molar-refractivity contribution is 0.392. The number of benzene rings is 1. The highest BCUT2D eigenvalue weighted by atomic mass is 16.5. The smallest absolute Gasteiger partial charge is 0.167 e. The van der Waals surface area contributed by atoms with Crippen molar-refractivity contribution < 1.29 is 4.52 Å². The largest absolute Gasteiger partial charge is 0.381 e. The van der Waals surface area contributed by atoms with Crippen molar-refractivity contribution in [2.75, 3.05) is 5.73 Å². The van der Waals surface area contributed by atoms with E-state index < -0.39 is 0 Å². The Morgan fingerprint density at radius 3 is 2.79 bits per heavy atom. The van der Waals surface area contributed by atoms with E-state index in [9.17, 15) is 0 Å². The molecule has 3 nitrogen and oxygen atoms in total. The minimum atomic E-state index is 0.439. The van der Waals surface area contributed by atoms with Crippen molar-refractivity contribution in [1.29, 1.82) is 0 Å². The monoisotopic (exact) mass is 188 g/mol. The van der Waals surface area contributed by atoms with Crippen LogP contribution in [0, 0.1) is 6.92 Å². The molecule has 0 saturated carbocycles. The molecule has 2 rings (SSSR count). The fourth-order valence-corrected chi connectivity index (χ4v) is 1.41. The fraction of sp³-hybridized carbons (Fsp3) is 0.182. The molecule has 0 bridgehead atoms. The van der Waals surface area contributed by atoms with Gasteiger partial charge < -0.3 is 10.3 Å². The number of aryl methyl sites for hydroxylation is 1. The molecular weight excluding hydrogens is 176 g/mol. The molecule has 0 aliphatic heterocycles. The Balaban J connectivity index is 2.23. The van der Waals surface area contributed by atoms with E-state index in [0.717, 1.165) is 12.2 Å². The summed E-state index contributed by atoms with van der Waals surface area (Å²) in [5, 5.41) is 3.65. The van der Waals surface area contributed by atoms with Gasteiger partial charge in [-0.25, -0.2) is 0 Å². The molecule has 2 N–H and O–H groups in total. The van der Waals surface area contributed by atoms with Gasteiger partial charge in [-0.2, -0.15) is 0 Å². The van der Waals surface area contributed by atoms with Gasteiger partial charge in [0.25, 0.3) is 0 Å². The molecule has 1 aromatic heterocycles. The highest BCUT2D eigenvalue weighted by Gasteiger charge is 2.04. The third-order valence-electron chi connectivity index (χ3n) is 2.20. The van der Waals surface area contributed by atoms with Crippen LogP contribution >= 0.6 is 0 Å². The molecule has 3 heteroatoms. The second-order valence-corrected chi connectivity index (χ2v) is 3.32. The van der Waals surface area contributed by atoms with Crippen molar-refractivity contribution in [1.82, 2.24) is 5.16 Å². The lowest BCUT2D eigenvalue weighted by Crippen LogP contribution is -1.89. The van der Waals surface area contributed by atoms with E-state index in [1.807, 2.05) is 12.1 Å². The Bertz CT molecular complexity index is 434. The Labute approximate surface area is 82.5 Å². The molecule has 0 spiro atoms. The van der Waals surface area contributed by atoms with E-state index in [2.05, 4.69) is 24.2 Å². The average molecular weight is 188 g/mol. The number of hydrogen-bond acceptors (Lipinski definition) is 3. The van der Waals surface area contributed by atoms with E-state index in [0.29, 0.717) is 5.82 Å². The number of rotatable bonds is 2. The fourth-order valence-electron chi connectivity index (χ4n) is 1.41. The van der Waals surface area contributed by atoms with Crippen LogP contribution in [-0.2, 0) is 6.42 Å². The number of nitrogens with two attached hydrogens (primary N) is 1. The third kappa shape index (κ3) is 1.76. The van der Waals surface area contributed by atoms with E-state index >= 15 is 0 Å². The molecule has 0 fully saturated rings. The summed E-state index contributed by atoms with van der Waals surface area (Å²) in [5.74, 6) is 1.24. The van der Waals surface area contributed by atoms with Crippen LogP contribution in [0.1, 0.15) is 16.9 Å². The van der Waals surface area contributed by atoms with Gasteiger partial charge in [-0.05, 0) is 18.1 Å². The first-order valence-corrected chi connectivity index (χ1v) is 4.51. The Morgan fingerprint density at radius 2 is 2.14 bits per heavy atom. The Morgan fingerprint density at radius 1 is 1.36 bits per heavy atom. The van der Waals surface area contributed by atoms with Gasteiger partial charge in [0.2, 0.25) is 0 Å². The minimum absolute atomic E-state index is 0.439. The maximum atomic E-state index is 5.47. The maximum Gasteiger partial charge on any atom is 0.167 e. The molecule has 0 aliphatic rings. The first-order chi connectivity index (χ1) is 6.75. The van der Waals surface area contributed by atoms with Crippen LogP contribution in [0.25, 0.3) is 0 Å². The molecule has 14 heavy (non-hydrogen) atoms. The van der Waals surface area contributed by atoms with Crippen molar-refractivity contribution in [2.24, 2.45) is 0 Å². The first-order valence-electron chi connectivity index (χ1n) is 4.51. The second-order valence-electron chi connectivity index (χ2n) is 3.32. The number of anilines is 1. The van der Waals surface area contributed by atoms with Gasteiger partial charge in [0, 0.05) is 12.5 Å². The zero-order valence-electron chi connectivity index (χ0n) is 8.03. The standard InChI is InChI=1S/C11H12N2O/c1-8-4-2-3-5-9(8)6-10-7-11(12)13-14-10/h2-5,7H,6H2,1H3,(H2,12,13). The van der Waals surface area contributed by atoms with E-state index in [1.54, 1.807) is 6.07 Å². The molecule has 1 heterocycles. The molecule has 0 aliphatic carbocycles. The summed E-state index contributed by atoms with van der Waals surface area (Å²) in [6.07, 6.45) is 0.747. The van der Waals surface area contributed by atoms with Gasteiger partial charge >= 0.3 is 0 Å². The van der Waals surface area contributed by atoms with Gasteiger partial charge in [-0.1, -0.05) is 29.4 Å². The highest BCUT2D eigenvalue weighted by molar-refractivity contribution is 5.32. The molecule has 0 amide bonds. The Kier molecular flexibility index (Phi) is 2.23. The zero-order chi connectivity index (χ0) is 9.97. The van der Waals surface area contributed by atoms with E-state index in [4.69, 9.17) is 10.3 Å². The lowest BCUT2D eigenvalue weighted by atomic mass is 10.0. The third-order valence-corrected chi connectivity index (χ3v) is 2.20. The minimum Gasteiger partial charge on any atom is -0.381 e. The molecule has 0 saturated heterocycles. The van der Waals surface area contributed by atoms with Crippen molar-refractivity contribution in [3.8, 4) is 0 Å². The average Bonchev–Trinajstić information content (AvgIpc) is 2.56. The number of hydrogen-bond donors (Lipinski definition) is 1. The quantitative estimate of drug-likeness (QED) is 0.785. The van der Waals surface area contributed by atoms with Crippen molar-refractivity contribution in [2.45, 2.75) is 13.3 Å². The van der Waals surface area contributed by atoms with Gasteiger partial charge in [-0.3, -0.25) is 0 Å². The summed E-state index contributed by atoms with van der Waals surface area (Å²) in [6.45, 7) is 2.08. The van der Waals surface area contributed by atoms with Crippen LogP contribution in [0.3, 0.4) is 0 Å². The van der Waals surface area contributed by atoms with Gasteiger partial charge in [0.05, 0.1) is 0 Å². The maximum absolute atomic E-state index is 5.47. The number of nitrogens with zero attached hydrogens (tertiary/aromatic N) is 1. The summed E-state index contributed by atoms with van der Waals surface area (Å²) in [6, 6.07) is 9.95. The van der Waals surface area contributed by atoms with Gasteiger partial charge in [-0.15, -0.1) is 0 Å². The number of nitrogen functional groups attached to an aromatic ring is 1. The second kappa shape index (κ2) is 3.54. The van der Waals surface area contributed by atoms with Crippen LogP contribution < -0.4 is 5.73 Å². The van der Waals surface area contributed by atoms with Crippen LogP contribution in [0.4, 0.5) is 5.82 Å². The van der Waals surface area contributed by atoms with Crippen molar-refractivity contribution in [3.05, 3.63) is 47.2 Å². The summed E-state index contributed by atoms with van der Waals surface area (Å²) >= 11 is 0. The van der Waals surface area contributed by atoms with Gasteiger partial charge in [0.1, 0.15) is 5.76 Å².